The van der Waals surface area contributed by atoms with E-state index in [1.807, 2.05) is 0 Å². The van der Waals surface area contributed by atoms with Crippen molar-refractivity contribution in [3.63, 3.8) is 0 Å². The minimum absolute atomic E-state index is 0.00643. The Hall–Kier alpha value is -1.62. The van der Waals surface area contributed by atoms with Crippen LogP contribution in [0.4, 0.5) is 0 Å². The highest BCUT2D eigenvalue weighted by molar-refractivity contribution is 5.79. The molecule has 0 aliphatic carbocycles. The Kier molecular flexibility index (Phi) is 12.6. The molecular weight excluding hydrogens is 688 g/mol. The smallest absolute Gasteiger partial charge is 0.135 e. The van der Waals surface area contributed by atoms with Crippen LogP contribution in [0.3, 0.4) is 0 Å². The zero-order chi connectivity index (χ0) is 37.6. The summed E-state index contributed by atoms with van der Waals surface area (Å²) in [5.41, 5.74) is 2.00. The van der Waals surface area contributed by atoms with Crippen LogP contribution in [0.15, 0.2) is 24.3 Å². The molecule has 8 bridgehead atoms. The van der Waals surface area contributed by atoms with Crippen LogP contribution in [-0.2, 0) is 42.7 Å². The van der Waals surface area contributed by atoms with Gasteiger partial charge in [-0.3, -0.25) is 9.59 Å². The van der Waals surface area contributed by atoms with Crippen LogP contribution in [0, 0.1) is 11.8 Å². The number of ether oxygens (including phenoxy) is 7. The monoisotopic (exact) mass is 748 g/mol. The third kappa shape index (κ3) is 8.56. The van der Waals surface area contributed by atoms with Gasteiger partial charge in [-0.2, -0.15) is 0 Å². The van der Waals surface area contributed by atoms with Crippen molar-refractivity contribution in [2.24, 2.45) is 11.8 Å². The molecule has 0 amide bonds. The highest BCUT2D eigenvalue weighted by atomic mass is 16.6. The number of aliphatic hydroxyl groups excluding tert-OH is 4. The van der Waals surface area contributed by atoms with Gasteiger partial charge in [-0.15, -0.1) is 0 Å². The molecule has 13 nitrogen and oxygen atoms in total. The van der Waals surface area contributed by atoms with Gasteiger partial charge in [0.15, 0.2) is 0 Å². The van der Waals surface area contributed by atoms with E-state index >= 15 is 0 Å². The highest BCUT2D eigenvalue weighted by Gasteiger charge is 2.57. The molecule has 7 aliphatic rings. The van der Waals surface area contributed by atoms with E-state index in [2.05, 4.69) is 20.1 Å². The van der Waals surface area contributed by atoms with E-state index in [1.165, 1.54) is 0 Å². The van der Waals surface area contributed by atoms with Crippen LogP contribution >= 0.6 is 0 Å². The molecule has 7 saturated heterocycles. The average molecular weight is 749 g/mol. The van der Waals surface area contributed by atoms with Gasteiger partial charge in [0.25, 0.3) is 0 Å². The van der Waals surface area contributed by atoms with Gasteiger partial charge in [0.1, 0.15) is 42.1 Å². The molecule has 0 aromatic heterocycles. The first-order chi connectivity index (χ1) is 25.4. The topological polar surface area (TPSA) is 180 Å². The lowest BCUT2D eigenvalue weighted by Gasteiger charge is -2.46. The van der Waals surface area contributed by atoms with Crippen molar-refractivity contribution in [1.29, 1.82) is 0 Å². The highest BCUT2D eigenvalue weighted by Crippen LogP contribution is 2.43. The van der Waals surface area contributed by atoms with Crippen LogP contribution in [-0.4, -0.2) is 143 Å². The van der Waals surface area contributed by atoms with E-state index in [0.29, 0.717) is 32.1 Å². The molecule has 0 aromatic carbocycles. The molecule has 13 heteroatoms. The van der Waals surface area contributed by atoms with Crippen molar-refractivity contribution in [3.05, 3.63) is 24.3 Å². The van der Waals surface area contributed by atoms with E-state index in [9.17, 15) is 30.0 Å². The summed E-state index contributed by atoms with van der Waals surface area (Å²) >= 11 is 0. The van der Waals surface area contributed by atoms with Crippen LogP contribution in [0.1, 0.15) is 90.4 Å². The fraction of sp³-hybridized carbons (Fsp3) is 0.850. The molecule has 7 rings (SSSR count). The number of Topliss-reactive ketones (excluding diaryl/α,β-unsaturated/α-hetero) is 2. The number of hydrogen-bond acceptors (Lipinski definition) is 13. The second kappa shape index (κ2) is 16.9. The Bertz CT molecular complexity index is 1340. The molecule has 4 N–H and O–H groups in total. The Balaban J connectivity index is 1.11. The van der Waals surface area contributed by atoms with Gasteiger partial charge in [-0.05, 0) is 62.0 Å². The first-order valence-electron chi connectivity index (χ1n) is 19.9. The second-order valence-corrected chi connectivity index (χ2v) is 16.8. The Labute approximate surface area is 312 Å². The molecule has 7 aliphatic heterocycles. The average Bonchev–Trinajstić information content (AvgIpc) is 3.76. The number of ketones is 2. The summed E-state index contributed by atoms with van der Waals surface area (Å²) in [6.45, 7) is 10.4. The number of methoxy groups -OCH3 is 1. The van der Waals surface area contributed by atoms with Gasteiger partial charge in [-0.1, -0.05) is 20.1 Å². The van der Waals surface area contributed by atoms with Gasteiger partial charge < -0.3 is 53.6 Å². The van der Waals surface area contributed by atoms with Crippen LogP contribution in [0.25, 0.3) is 0 Å². The van der Waals surface area contributed by atoms with Crippen molar-refractivity contribution in [1.82, 2.24) is 0 Å². The molecule has 53 heavy (non-hydrogen) atoms. The normalized spacial score (nSPS) is 47.7. The van der Waals surface area contributed by atoms with E-state index < -0.39 is 79.9 Å². The van der Waals surface area contributed by atoms with Crippen molar-refractivity contribution in [2.75, 3.05) is 13.7 Å². The maximum atomic E-state index is 13.9. The SMILES string of the molecule is C=C1C[C@@H]2CCC(=O)C[C@@H]3O[C@H]4[C@@H](O)[C@H]5O[C@H](CC[C@@H]5O[C@H]4[C@H]3O)CC(=O)C[C@@H]3[C@@H](OC)[C@@H](C[C@H](O)CO)O[C@H]3C[C@H]3O[C@@H](CC[C@@H]1O2)C[C@@H](C)C3=C. The quantitative estimate of drug-likeness (QED) is 0.308. The summed E-state index contributed by atoms with van der Waals surface area (Å²) in [4.78, 5) is 27.0. The zero-order valence-corrected chi connectivity index (χ0v) is 31.2. The van der Waals surface area contributed by atoms with Crippen LogP contribution in [0.5, 0.6) is 0 Å². The minimum Gasteiger partial charge on any atom is -0.394 e. The summed E-state index contributed by atoms with van der Waals surface area (Å²) < 4.78 is 44.3. The molecule has 0 radical (unpaired) electrons. The second-order valence-electron chi connectivity index (χ2n) is 16.8. The number of aliphatic hydroxyl groups is 4. The molecule has 298 valence electrons. The third-order valence-corrected chi connectivity index (χ3v) is 13.1. The van der Waals surface area contributed by atoms with Crippen LogP contribution < -0.4 is 0 Å². The number of fused-ring (bicyclic) bond motifs is 7. The van der Waals surface area contributed by atoms with Gasteiger partial charge in [0.05, 0.1) is 73.8 Å². The Morgan fingerprint density at radius 3 is 2.23 bits per heavy atom. The van der Waals surface area contributed by atoms with E-state index in [4.69, 9.17) is 33.2 Å². The fourth-order valence-corrected chi connectivity index (χ4v) is 10.1. The zero-order valence-electron chi connectivity index (χ0n) is 31.2. The number of hydrogen-bond donors (Lipinski definition) is 4. The molecule has 0 aromatic rings. The molecule has 0 spiro atoms. The summed E-state index contributed by atoms with van der Waals surface area (Å²) in [6, 6.07) is 0. The third-order valence-electron chi connectivity index (χ3n) is 13.1. The molecule has 0 saturated carbocycles. The molecule has 18 atom stereocenters. The minimum atomic E-state index is -1.10. The molecule has 7 heterocycles. The largest absolute Gasteiger partial charge is 0.394 e. The number of carbonyl (C=O) groups is 2. The van der Waals surface area contributed by atoms with Gasteiger partial charge in [0, 0.05) is 51.6 Å². The number of rotatable bonds is 4. The van der Waals surface area contributed by atoms with E-state index in [0.717, 1.165) is 30.4 Å². The van der Waals surface area contributed by atoms with Crippen LogP contribution in [0.2, 0.25) is 0 Å². The molecular formula is C40H60O13. The van der Waals surface area contributed by atoms with E-state index in [-0.39, 0.29) is 79.9 Å². The van der Waals surface area contributed by atoms with E-state index in [1.54, 1.807) is 7.11 Å². The van der Waals surface area contributed by atoms with Crippen molar-refractivity contribution < 1.29 is 63.2 Å². The maximum Gasteiger partial charge on any atom is 0.135 e. The lowest BCUT2D eigenvalue weighted by Crippen LogP contribution is -2.61. The Morgan fingerprint density at radius 2 is 1.45 bits per heavy atom. The summed E-state index contributed by atoms with van der Waals surface area (Å²) in [5, 5.41) is 42.6. The van der Waals surface area contributed by atoms with Gasteiger partial charge in [-0.25, -0.2) is 0 Å². The summed E-state index contributed by atoms with van der Waals surface area (Å²) in [7, 11) is 1.58. The molecule has 7 fully saturated rings. The summed E-state index contributed by atoms with van der Waals surface area (Å²) in [6.07, 6.45) is -3.55. The Morgan fingerprint density at radius 1 is 0.736 bits per heavy atom. The maximum absolute atomic E-state index is 13.9. The number of carbonyl (C=O) groups excluding carboxylic acids is 2. The fourth-order valence-electron chi connectivity index (χ4n) is 10.1. The first-order valence-corrected chi connectivity index (χ1v) is 19.9. The lowest BCUT2D eigenvalue weighted by molar-refractivity contribution is -0.259. The lowest BCUT2D eigenvalue weighted by atomic mass is 9.81. The van der Waals surface area contributed by atoms with Gasteiger partial charge in [0.2, 0.25) is 0 Å². The van der Waals surface area contributed by atoms with Crippen molar-refractivity contribution in [3.8, 4) is 0 Å². The van der Waals surface area contributed by atoms with Crippen molar-refractivity contribution in [2.45, 2.75) is 188 Å². The predicted molar refractivity (Wildman–Crippen MR) is 189 cm³/mol. The standard InChI is InChI=1S/C40H60O13/c1-19-11-26-7-9-29-20(2)12-25(48-29)6-5-22(42)15-33-35(45)39-40(53-33)36(46)38-30(52-39)10-8-27(50-38)13-23(43)14-28-32(17-31(49-26)21(19)3)51-34(37(28)47-4)16-24(44)18-41/h19,24-41,44-46H,2-3,5-18H2,1,4H3/t19-,24+,25+,26+,27-,28+,29+,30+,31-,32+,33+,34-,35+,36+,37-,38+,39+,40+/m1/s1. The van der Waals surface area contributed by atoms with Crippen molar-refractivity contribution >= 4 is 11.6 Å². The van der Waals surface area contributed by atoms with Gasteiger partial charge >= 0.3 is 0 Å². The summed E-state index contributed by atoms with van der Waals surface area (Å²) in [5.74, 6) is -0.221. The first kappa shape index (κ1) is 39.6. The molecule has 0 unspecified atom stereocenters. The predicted octanol–water partition coefficient (Wildman–Crippen LogP) is 2.27.